The van der Waals surface area contributed by atoms with Gasteiger partial charge in [-0.05, 0) is 116 Å². The van der Waals surface area contributed by atoms with E-state index in [2.05, 4.69) is 112 Å². The minimum absolute atomic E-state index is 0.408. The molecule has 0 radical (unpaired) electrons. The summed E-state index contributed by atoms with van der Waals surface area (Å²) < 4.78 is 30.0. The molecular weight excluding hydrogens is 1060 g/mol. The fourth-order valence-electron chi connectivity index (χ4n) is 9.09. The maximum atomic E-state index is 14.5. The third-order valence-corrected chi connectivity index (χ3v) is 26.9. The lowest BCUT2D eigenvalue weighted by Gasteiger charge is -2.31. The van der Waals surface area contributed by atoms with Gasteiger partial charge in [-0.1, -0.05) is 174 Å². The second-order valence-corrected chi connectivity index (χ2v) is 35.8. The Morgan fingerprint density at radius 3 is 0.987 bits per heavy atom. The fourth-order valence-corrected chi connectivity index (χ4v) is 17.9. The summed E-state index contributed by atoms with van der Waals surface area (Å²) in [5.41, 5.74) is 1.17. The molecule has 0 amide bonds. The first kappa shape index (κ1) is 58.6. The maximum Gasteiger partial charge on any atom is 0.143 e. The zero-order valence-corrected chi connectivity index (χ0v) is 53.2. The van der Waals surface area contributed by atoms with Crippen LogP contribution in [-0.2, 0) is 11.2 Å². The number of benzene rings is 4. The number of thiophene rings is 4. The van der Waals surface area contributed by atoms with Gasteiger partial charge in [0.25, 0.3) is 0 Å². The molecular formula is C65H82O6S4Si2. The Hall–Kier alpha value is -4.51. The molecule has 4 heterocycles. The standard InChI is InChI=1S/C65H82O6S4Si2/c1-14-42(5)38-68-50-26-18-46(19-27-50)64(66,47-20-28-51(29-21-47)69-39-43(6)15-2)58-60(54-34-36-56(72-54)76(9)10)74-63-59(61(75-62(58)63)55-35-37-57(73-55)77(11,12)13)65(67,48-22-30-52(31-23-48)70-40-44(7)16-3)49-24-32-53(33-25-49)71-41-45(8)17-4/h18-37,42-45,66-67,76H,14-17,38-41H2,1-13H3/t42-,43+,44-,45+,64?,65?. The largest absolute Gasteiger partial charge is 0.493 e. The minimum atomic E-state index is -1.76. The number of ether oxygens (including phenoxy) is 4. The molecule has 8 rings (SSSR count). The molecule has 4 aromatic carbocycles. The number of fused-ring (bicyclic) bond motifs is 1. The molecule has 0 aliphatic carbocycles. The summed E-state index contributed by atoms with van der Waals surface area (Å²) >= 11 is 7.04. The fraction of sp³-hybridized carbons (Fsp3) is 0.415. The summed E-state index contributed by atoms with van der Waals surface area (Å²) in [5.74, 6) is 4.69. The molecule has 0 bridgehead atoms. The van der Waals surface area contributed by atoms with E-state index in [1.54, 1.807) is 22.7 Å². The summed E-state index contributed by atoms with van der Waals surface area (Å²) in [4.78, 5) is 4.16. The first-order valence-corrected chi connectivity index (χ1v) is 37.7. The normalized spacial score (nSPS) is 15.2. The maximum absolute atomic E-state index is 14.5. The molecule has 0 fully saturated rings. The highest BCUT2D eigenvalue weighted by Crippen LogP contribution is 2.59. The smallest absolute Gasteiger partial charge is 0.143 e. The Morgan fingerprint density at radius 1 is 0.429 bits per heavy atom. The van der Waals surface area contributed by atoms with Crippen molar-refractivity contribution in [2.75, 3.05) is 26.4 Å². The van der Waals surface area contributed by atoms with E-state index < -0.39 is 28.1 Å². The molecule has 2 N–H and O–H groups in total. The van der Waals surface area contributed by atoms with Crippen LogP contribution in [0, 0.1) is 23.7 Å². The van der Waals surface area contributed by atoms with E-state index in [0.717, 1.165) is 111 Å². The van der Waals surface area contributed by atoms with Crippen LogP contribution in [0.15, 0.2) is 121 Å². The van der Waals surface area contributed by atoms with Crippen LogP contribution in [0.3, 0.4) is 0 Å². The van der Waals surface area contributed by atoms with E-state index in [9.17, 15) is 10.2 Å². The molecule has 0 aliphatic rings. The van der Waals surface area contributed by atoms with Crippen LogP contribution in [0.5, 0.6) is 23.0 Å². The van der Waals surface area contributed by atoms with Gasteiger partial charge in [0.2, 0.25) is 0 Å². The highest BCUT2D eigenvalue weighted by atomic mass is 32.1. The molecule has 0 saturated heterocycles. The summed E-state index contributed by atoms with van der Waals surface area (Å²) in [7, 11) is -2.97. The Labute approximate surface area is 478 Å². The topological polar surface area (TPSA) is 77.4 Å². The van der Waals surface area contributed by atoms with Crippen LogP contribution in [0.25, 0.3) is 28.9 Å². The van der Waals surface area contributed by atoms with Crippen molar-refractivity contribution in [1.82, 2.24) is 0 Å². The summed E-state index contributed by atoms with van der Waals surface area (Å²) in [5, 5.41) is 29.1. The van der Waals surface area contributed by atoms with E-state index in [4.69, 9.17) is 18.9 Å². The van der Waals surface area contributed by atoms with Gasteiger partial charge in [0.1, 0.15) is 34.2 Å². The highest BCUT2D eigenvalue weighted by Gasteiger charge is 2.46. The van der Waals surface area contributed by atoms with Gasteiger partial charge < -0.3 is 29.2 Å². The zero-order chi connectivity index (χ0) is 55.2. The lowest BCUT2D eigenvalue weighted by Crippen LogP contribution is -2.34. The van der Waals surface area contributed by atoms with Gasteiger partial charge in [0, 0.05) is 20.9 Å². The molecule has 410 valence electrons. The van der Waals surface area contributed by atoms with Crippen molar-refractivity contribution in [3.05, 3.63) is 155 Å². The van der Waals surface area contributed by atoms with Crippen molar-refractivity contribution in [1.29, 1.82) is 0 Å². The zero-order valence-electron chi connectivity index (χ0n) is 47.8. The lowest BCUT2D eigenvalue weighted by molar-refractivity contribution is 0.127. The minimum Gasteiger partial charge on any atom is -0.493 e. The SMILES string of the molecule is CC[C@@H](C)COc1ccc(C(O)(c2ccc(OC[C@@H](C)CC)cc2)c2c(-c3ccc([SiH](C)C)s3)sc3c(C(O)(c4ccc(OC[C@H](C)CC)cc4)c4ccc(OC[C@@H](C)CC)cc4)c(-c4ccc([Si](C)(C)C)s4)sc23)cc1. The van der Waals surface area contributed by atoms with Gasteiger partial charge in [0.05, 0.1) is 62.5 Å². The molecule has 0 aliphatic heterocycles. The van der Waals surface area contributed by atoms with Crippen molar-refractivity contribution in [3.63, 3.8) is 0 Å². The third kappa shape index (κ3) is 12.9. The van der Waals surface area contributed by atoms with E-state index in [1.165, 1.54) is 9.00 Å². The van der Waals surface area contributed by atoms with E-state index >= 15 is 0 Å². The average molecular weight is 1140 g/mol. The van der Waals surface area contributed by atoms with Crippen molar-refractivity contribution in [2.45, 2.75) is 125 Å². The second kappa shape index (κ2) is 25.3. The quantitative estimate of drug-likeness (QED) is 0.0526. The van der Waals surface area contributed by atoms with Crippen molar-refractivity contribution >= 4 is 80.6 Å². The predicted molar refractivity (Wildman–Crippen MR) is 338 cm³/mol. The lowest BCUT2D eigenvalue weighted by atomic mass is 9.78. The molecule has 77 heavy (non-hydrogen) atoms. The predicted octanol–water partition coefficient (Wildman–Crippen LogP) is 16.9. The van der Waals surface area contributed by atoms with Crippen LogP contribution in [0.2, 0.25) is 32.7 Å². The van der Waals surface area contributed by atoms with Gasteiger partial charge in [-0.15, -0.1) is 45.3 Å². The monoisotopic (exact) mass is 1140 g/mol. The van der Waals surface area contributed by atoms with Crippen molar-refractivity contribution in [3.8, 4) is 42.5 Å². The second-order valence-electron chi connectivity index (χ2n) is 22.9. The van der Waals surface area contributed by atoms with Gasteiger partial charge in [-0.3, -0.25) is 0 Å². The van der Waals surface area contributed by atoms with Crippen LogP contribution in [0.1, 0.15) is 114 Å². The van der Waals surface area contributed by atoms with Gasteiger partial charge in [0.15, 0.2) is 0 Å². The Balaban J connectivity index is 1.46. The van der Waals surface area contributed by atoms with Crippen LogP contribution < -0.4 is 27.9 Å². The Kier molecular flexibility index (Phi) is 19.3. The Morgan fingerprint density at radius 2 is 0.727 bits per heavy atom. The van der Waals surface area contributed by atoms with Crippen LogP contribution in [0.4, 0.5) is 0 Å². The average Bonchev–Trinajstić information content (AvgIpc) is 4.48. The number of hydrogen-bond donors (Lipinski definition) is 2. The van der Waals surface area contributed by atoms with Crippen molar-refractivity contribution < 1.29 is 29.2 Å². The molecule has 4 aromatic heterocycles. The summed E-state index contributed by atoms with van der Waals surface area (Å²) in [6.07, 6.45) is 4.10. The number of hydrogen-bond acceptors (Lipinski definition) is 10. The number of aliphatic hydroxyl groups is 2. The van der Waals surface area contributed by atoms with E-state index in [0.29, 0.717) is 50.1 Å². The summed E-state index contributed by atoms with van der Waals surface area (Å²) in [6.45, 7) is 31.9. The van der Waals surface area contributed by atoms with Gasteiger partial charge in [-0.25, -0.2) is 0 Å². The Bertz CT molecular complexity index is 3030. The molecule has 0 spiro atoms. The summed E-state index contributed by atoms with van der Waals surface area (Å²) in [6, 6.07) is 41.4. The molecule has 6 atom stereocenters. The molecule has 6 nitrogen and oxygen atoms in total. The third-order valence-electron chi connectivity index (χ3n) is 15.2. The number of rotatable bonds is 26. The van der Waals surface area contributed by atoms with Crippen LogP contribution in [-0.4, -0.2) is 53.5 Å². The van der Waals surface area contributed by atoms with Gasteiger partial charge in [-0.2, -0.15) is 0 Å². The first-order valence-electron chi connectivity index (χ1n) is 28.0. The molecule has 8 aromatic rings. The van der Waals surface area contributed by atoms with E-state index in [-0.39, 0.29) is 0 Å². The molecule has 12 heteroatoms. The molecule has 0 saturated carbocycles. The molecule has 2 unspecified atom stereocenters. The first-order chi connectivity index (χ1) is 36.8. The van der Waals surface area contributed by atoms with Gasteiger partial charge >= 0.3 is 0 Å². The van der Waals surface area contributed by atoms with Crippen molar-refractivity contribution in [2.24, 2.45) is 23.7 Å². The van der Waals surface area contributed by atoms with E-state index in [1.807, 2.05) is 120 Å². The highest BCUT2D eigenvalue weighted by molar-refractivity contribution is 7.36. The van der Waals surface area contributed by atoms with Crippen LogP contribution >= 0.6 is 45.3 Å².